The van der Waals surface area contributed by atoms with Crippen LogP contribution in [0.2, 0.25) is 0 Å². The number of rotatable bonds is 9. The molecule has 0 amide bonds. The molecule has 0 bridgehead atoms. The fourth-order valence-corrected chi connectivity index (χ4v) is 3.21. The second-order valence-electron chi connectivity index (χ2n) is 7.27. The van der Waals surface area contributed by atoms with Crippen molar-refractivity contribution in [2.45, 2.75) is 45.6 Å². The van der Waals surface area contributed by atoms with Crippen LogP contribution in [0.15, 0.2) is 29.3 Å². The van der Waals surface area contributed by atoms with Crippen molar-refractivity contribution in [2.24, 2.45) is 4.99 Å². The number of sulfone groups is 1. The van der Waals surface area contributed by atoms with E-state index in [2.05, 4.69) is 30.5 Å². The van der Waals surface area contributed by atoms with Crippen molar-refractivity contribution >= 4 is 15.8 Å². The number of hydrogen-bond donors (Lipinski definition) is 2. The van der Waals surface area contributed by atoms with Crippen LogP contribution in [-0.2, 0) is 15.3 Å². The van der Waals surface area contributed by atoms with E-state index in [4.69, 9.17) is 9.73 Å². The topological polar surface area (TPSA) is 79.8 Å². The van der Waals surface area contributed by atoms with Crippen LogP contribution in [0.3, 0.4) is 0 Å². The summed E-state index contributed by atoms with van der Waals surface area (Å²) < 4.78 is 28.0. The van der Waals surface area contributed by atoms with Crippen LogP contribution in [0.4, 0.5) is 0 Å². The minimum atomic E-state index is -2.96. The van der Waals surface area contributed by atoms with Crippen LogP contribution >= 0.6 is 0 Å². The van der Waals surface area contributed by atoms with Gasteiger partial charge in [-0.25, -0.2) is 8.42 Å². The summed E-state index contributed by atoms with van der Waals surface area (Å²) in [6.07, 6.45) is 1.80. The normalized spacial score (nSPS) is 14.0. The highest BCUT2D eigenvalue weighted by Gasteiger charge is 2.21. The van der Waals surface area contributed by atoms with E-state index in [0.717, 1.165) is 17.9 Å². The molecule has 0 aliphatic carbocycles. The molecule has 1 atom stereocenters. The highest BCUT2D eigenvalue weighted by Crippen LogP contribution is 2.26. The molecule has 7 heteroatoms. The van der Waals surface area contributed by atoms with Crippen LogP contribution in [0.5, 0.6) is 5.75 Å². The highest BCUT2D eigenvalue weighted by molar-refractivity contribution is 7.90. The smallest absolute Gasteiger partial charge is 0.191 e. The molecule has 26 heavy (non-hydrogen) atoms. The fraction of sp³-hybridized carbons (Fsp3) is 0.632. The molecule has 1 unspecified atom stereocenters. The van der Waals surface area contributed by atoms with Crippen molar-refractivity contribution in [3.63, 3.8) is 0 Å². The van der Waals surface area contributed by atoms with Crippen LogP contribution in [0, 0.1) is 0 Å². The second-order valence-corrected chi connectivity index (χ2v) is 9.53. The van der Waals surface area contributed by atoms with E-state index in [-0.39, 0.29) is 17.2 Å². The molecule has 0 spiro atoms. The lowest BCUT2D eigenvalue weighted by Gasteiger charge is -2.25. The largest absolute Gasteiger partial charge is 0.497 e. The van der Waals surface area contributed by atoms with E-state index in [1.54, 1.807) is 7.11 Å². The number of benzene rings is 1. The summed E-state index contributed by atoms with van der Waals surface area (Å²) in [5.41, 5.74) is 0.994. The molecule has 1 aromatic carbocycles. The average Bonchev–Trinajstić information content (AvgIpc) is 2.57. The van der Waals surface area contributed by atoms with Crippen LogP contribution in [0.25, 0.3) is 0 Å². The predicted molar refractivity (Wildman–Crippen MR) is 109 cm³/mol. The third-order valence-electron chi connectivity index (χ3n) is 4.13. The molecule has 148 valence electrons. The molecule has 6 nitrogen and oxygen atoms in total. The molecule has 0 saturated carbocycles. The minimum Gasteiger partial charge on any atom is -0.497 e. The van der Waals surface area contributed by atoms with Gasteiger partial charge >= 0.3 is 0 Å². The molecule has 0 fully saturated rings. The van der Waals surface area contributed by atoms with E-state index in [0.29, 0.717) is 18.9 Å². The van der Waals surface area contributed by atoms with Gasteiger partial charge in [-0.2, -0.15) is 0 Å². The lowest BCUT2D eigenvalue weighted by atomic mass is 9.84. The maximum absolute atomic E-state index is 11.3. The van der Waals surface area contributed by atoms with Gasteiger partial charge in [0.1, 0.15) is 15.6 Å². The zero-order valence-corrected chi connectivity index (χ0v) is 17.6. The van der Waals surface area contributed by atoms with Gasteiger partial charge in [0, 0.05) is 24.3 Å². The van der Waals surface area contributed by atoms with Gasteiger partial charge < -0.3 is 15.4 Å². The summed E-state index contributed by atoms with van der Waals surface area (Å²) in [6, 6.07) is 8.04. The van der Waals surface area contributed by atoms with Gasteiger partial charge in [0.25, 0.3) is 0 Å². The fourth-order valence-electron chi connectivity index (χ4n) is 2.43. The van der Waals surface area contributed by atoms with Crippen LogP contribution < -0.4 is 15.4 Å². The Hall–Kier alpha value is -1.76. The van der Waals surface area contributed by atoms with E-state index in [1.165, 1.54) is 6.26 Å². The monoisotopic (exact) mass is 383 g/mol. The highest BCUT2D eigenvalue weighted by atomic mass is 32.2. The quantitative estimate of drug-likeness (QED) is 0.505. The van der Waals surface area contributed by atoms with Gasteiger partial charge in [0.2, 0.25) is 0 Å². The summed E-state index contributed by atoms with van der Waals surface area (Å²) in [5, 5.41) is 6.51. The van der Waals surface area contributed by atoms with Crippen molar-refractivity contribution in [2.75, 3.05) is 32.2 Å². The molecule has 1 aromatic rings. The van der Waals surface area contributed by atoms with Crippen molar-refractivity contribution in [1.29, 1.82) is 0 Å². The van der Waals surface area contributed by atoms with E-state index in [9.17, 15) is 8.42 Å². The Morgan fingerprint density at radius 2 is 2.04 bits per heavy atom. The number of nitrogens with one attached hydrogen (secondary N) is 2. The molecule has 0 heterocycles. The first-order chi connectivity index (χ1) is 12.1. The van der Waals surface area contributed by atoms with Gasteiger partial charge in [-0.3, -0.25) is 4.99 Å². The van der Waals surface area contributed by atoms with Gasteiger partial charge in [0.05, 0.1) is 19.4 Å². The Labute approximate surface area is 158 Å². The molecule has 0 aromatic heterocycles. The average molecular weight is 384 g/mol. The Morgan fingerprint density at radius 1 is 1.35 bits per heavy atom. The SMILES string of the molecule is CCNC(=NCC(C)(C)c1cccc(OC)c1)NC(C)CCS(C)(=O)=O. The summed E-state index contributed by atoms with van der Waals surface area (Å²) >= 11 is 0. The Morgan fingerprint density at radius 3 is 2.62 bits per heavy atom. The van der Waals surface area contributed by atoms with Gasteiger partial charge in [-0.05, 0) is 38.0 Å². The number of ether oxygens (including phenoxy) is 1. The molecule has 0 saturated heterocycles. The third kappa shape index (κ3) is 8.08. The van der Waals surface area contributed by atoms with Crippen molar-refractivity contribution in [3.05, 3.63) is 29.8 Å². The summed E-state index contributed by atoms with van der Waals surface area (Å²) in [4.78, 5) is 4.71. The Bertz CT molecular complexity index is 700. The number of guanidine groups is 1. The molecule has 1 rings (SSSR count). The first kappa shape index (κ1) is 22.3. The zero-order chi connectivity index (χ0) is 19.8. The van der Waals surface area contributed by atoms with Crippen LogP contribution in [0.1, 0.15) is 39.7 Å². The lowest BCUT2D eigenvalue weighted by Crippen LogP contribution is -2.43. The predicted octanol–water partition coefficient (Wildman–Crippen LogP) is 2.35. The Balaban J connectivity index is 2.80. The zero-order valence-electron chi connectivity index (χ0n) is 16.8. The maximum atomic E-state index is 11.3. The maximum Gasteiger partial charge on any atom is 0.191 e. The molecule has 0 aliphatic heterocycles. The van der Waals surface area contributed by atoms with Gasteiger partial charge in [-0.15, -0.1) is 0 Å². The van der Waals surface area contributed by atoms with Crippen molar-refractivity contribution in [1.82, 2.24) is 10.6 Å². The van der Waals surface area contributed by atoms with Crippen LogP contribution in [-0.4, -0.2) is 52.6 Å². The summed E-state index contributed by atoms with van der Waals surface area (Å²) in [6.45, 7) is 9.58. The van der Waals surface area contributed by atoms with Gasteiger partial charge in [-0.1, -0.05) is 26.0 Å². The molecule has 0 aliphatic rings. The standard InChI is InChI=1S/C19H33N3O3S/c1-7-20-18(22-15(2)11-12-26(6,23)24)21-14-19(3,4)16-9-8-10-17(13-16)25-5/h8-10,13,15H,7,11-12,14H2,1-6H3,(H2,20,21,22). The first-order valence-corrected chi connectivity index (χ1v) is 11.0. The molecular weight excluding hydrogens is 350 g/mol. The van der Waals surface area contributed by atoms with E-state index in [1.807, 2.05) is 32.0 Å². The summed E-state index contributed by atoms with van der Waals surface area (Å²) in [7, 11) is -1.30. The van der Waals surface area contributed by atoms with E-state index >= 15 is 0 Å². The molecular formula is C19H33N3O3S. The number of hydrogen-bond acceptors (Lipinski definition) is 4. The molecule has 0 radical (unpaired) electrons. The summed E-state index contributed by atoms with van der Waals surface area (Å²) in [5.74, 6) is 1.69. The third-order valence-corrected chi connectivity index (χ3v) is 5.11. The van der Waals surface area contributed by atoms with Gasteiger partial charge in [0.15, 0.2) is 5.96 Å². The first-order valence-electron chi connectivity index (χ1n) is 8.94. The molecule has 2 N–H and O–H groups in total. The van der Waals surface area contributed by atoms with Crippen molar-refractivity contribution < 1.29 is 13.2 Å². The number of nitrogens with zero attached hydrogens (tertiary/aromatic N) is 1. The number of aliphatic imine (C=N–C) groups is 1. The van der Waals surface area contributed by atoms with Crippen molar-refractivity contribution in [3.8, 4) is 5.75 Å². The minimum absolute atomic E-state index is 0.0162. The van der Waals surface area contributed by atoms with E-state index < -0.39 is 9.84 Å². The second kappa shape index (κ2) is 9.80. The number of methoxy groups -OCH3 is 1. The Kier molecular flexibility index (Phi) is 8.40. The lowest BCUT2D eigenvalue weighted by molar-refractivity contribution is 0.412.